The SMILES string of the molecule is CCC[C@H]1CC1(F)F. The van der Waals surface area contributed by atoms with Gasteiger partial charge in [0.05, 0.1) is 0 Å². The van der Waals surface area contributed by atoms with Crippen molar-refractivity contribution in [3.63, 3.8) is 0 Å². The maximum absolute atomic E-state index is 12.0. The van der Waals surface area contributed by atoms with Crippen LogP contribution >= 0.6 is 0 Å². The third-order valence-corrected chi connectivity index (χ3v) is 1.59. The summed E-state index contributed by atoms with van der Waals surface area (Å²) in [5.74, 6) is -2.55. The first-order chi connectivity index (χ1) is 3.67. The Balaban J connectivity index is 2.17. The Morgan fingerprint density at radius 1 is 1.62 bits per heavy atom. The molecular formula is C6H10F2. The Bertz CT molecular complexity index is 88.5. The summed E-state index contributed by atoms with van der Waals surface area (Å²) < 4.78 is 24.0. The second-order valence-corrected chi connectivity index (χ2v) is 2.45. The van der Waals surface area contributed by atoms with Crippen LogP contribution in [0.4, 0.5) is 8.78 Å². The van der Waals surface area contributed by atoms with Crippen molar-refractivity contribution < 1.29 is 8.78 Å². The molecule has 0 N–H and O–H groups in total. The van der Waals surface area contributed by atoms with E-state index in [9.17, 15) is 8.78 Å². The van der Waals surface area contributed by atoms with Crippen LogP contribution in [0.3, 0.4) is 0 Å². The Morgan fingerprint density at radius 3 is 2.25 bits per heavy atom. The zero-order chi connectivity index (χ0) is 6.20. The minimum atomic E-state index is -2.28. The van der Waals surface area contributed by atoms with Gasteiger partial charge in [0.25, 0.3) is 5.92 Å². The van der Waals surface area contributed by atoms with Crippen molar-refractivity contribution in [3.05, 3.63) is 0 Å². The molecule has 2 heteroatoms. The molecule has 0 saturated heterocycles. The smallest absolute Gasteiger partial charge is 0.207 e. The Kier molecular flexibility index (Phi) is 1.25. The van der Waals surface area contributed by atoms with Crippen LogP contribution < -0.4 is 0 Å². The van der Waals surface area contributed by atoms with Crippen molar-refractivity contribution in [2.45, 2.75) is 32.1 Å². The second-order valence-electron chi connectivity index (χ2n) is 2.45. The summed E-state index contributed by atoms with van der Waals surface area (Å²) in [5, 5.41) is 0. The monoisotopic (exact) mass is 120 g/mol. The number of hydrogen-bond donors (Lipinski definition) is 0. The van der Waals surface area contributed by atoms with Crippen LogP contribution in [0.15, 0.2) is 0 Å². The first-order valence-corrected chi connectivity index (χ1v) is 3.04. The molecule has 0 amide bonds. The quantitative estimate of drug-likeness (QED) is 0.525. The zero-order valence-corrected chi connectivity index (χ0v) is 4.95. The van der Waals surface area contributed by atoms with Crippen LogP contribution in [-0.2, 0) is 0 Å². The molecule has 48 valence electrons. The predicted molar refractivity (Wildman–Crippen MR) is 28.0 cm³/mol. The van der Waals surface area contributed by atoms with E-state index in [1.807, 2.05) is 6.92 Å². The molecule has 0 heterocycles. The number of alkyl halides is 2. The van der Waals surface area contributed by atoms with Gasteiger partial charge >= 0.3 is 0 Å². The van der Waals surface area contributed by atoms with Crippen molar-refractivity contribution >= 4 is 0 Å². The fourth-order valence-corrected chi connectivity index (χ4v) is 0.931. The Labute approximate surface area is 47.9 Å². The zero-order valence-electron chi connectivity index (χ0n) is 4.95. The molecule has 0 bridgehead atoms. The average Bonchev–Trinajstić information content (AvgIpc) is 2.15. The van der Waals surface area contributed by atoms with E-state index in [0.717, 1.165) is 6.42 Å². The molecule has 0 aromatic rings. The second kappa shape index (κ2) is 1.67. The summed E-state index contributed by atoms with van der Waals surface area (Å²) in [6.45, 7) is 1.94. The van der Waals surface area contributed by atoms with Gasteiger partial charge in [0, 0.05) is 12.3 Å². The van der Waals surface area contributed by atoms with Gasteiger partial charge in [0.1, 0.15) is 0 Å². The van der Waals surface area contributed by atoms with Gasteiger partial charge in [0.2, 0.25) is 0 Å². The molecule has 1 rings (SSSR count). The summed E-state index contributed by atoms with van der Waals surface area (Å²) in [4.78, 5) is 0. The average molecular weight is 120 g/mol. The highest BCUT2D eigenvalue weighted by atomic mass is 19.3. The van der Waals surface area contributed by atoms with Gasteiger partial charge in [-0.25, -0.2) is 8.78 Å². The van der Waals surface area contributed by atoms with Crippen LogP contribution in [0.5, 0.6) is 0 Å². The summed E-state index contributed by atoms with van der Waals surface area (Å²) >= 11 is 0. The van der Waals surface area contributed by atoms with E-state index in [0.29, 0.717) is 6.42 Å². The fourth-order valence-electron chi connectivity index (χ4n) is 0.931. The van der Waals surface area contributed by atoms with E-state index in [-0.39, 0.29) is 12.3 Å². The van der Waals surface area contributed by atoms with E-state index in [4.69, 9.17) is 0 Å². The number of rotatable bonds is 2. The molecule has 1 fully saturated rings. The number of halogens is 2. The molecule has 0 aromatic carbocycles. The molecule has 1 aliphatic carbocycles. The summed E-state index contributed by atoms with van der Waals surface area (Å²) in [6.07, 6.45) is 1.73. The minimum absolute atomic E-state index is 0.140. The van der Waals surface area contributed by atoms with Crippen molar-refractivity contribution in [3.8, 4) is 0 Å². The summed E-state index contributed by atoms with van der Waals surface area (Å²) in [7, 11) is 0. The normalized spacial score (nSPS) is 32.6. The van der Waals surface area contributed by atoms with Gasteiger partial charge in [-0.15, -0.1) is 0 Å². The summed E-state index contributed by atoms with van der Waals surface area (Å²) in [5.41, 5.74) is 0. The van der Waals surface area contributed by atoms with Crippen molar-refractivity contribution in [2.75, 3.05) is 0 Å². The lowest BCUT2D eigenvalue weighted by Gasteiger charge is -1.90. The molecule has 1 aliphatic rings. The first-order valence-electron chi connectivity index (χ1n) is 3.04. The molecular weight excluding hydrogens is 110 g/mol. The van der Waals surface area contributed by atoms with E-state index in [2.05, 4.69) is 0 Å². The lowest BCUT2D eigenvalue weighted by Crippen LogP contribution is -1.91. The minimum Gasteiger partial charge on any atom is -0.207 e. The third-order valence-electron chi connectivity index (χ3n) is 1.59. The van der Waals surface area contributed by atoms with Crippen LogP contribution in [0.2, 0.25) is 0 Å². The van der Waals surface area contributed by atoms with Crippen molar-refractivity contribution in [1.82, 2.24) is 0 Å². The maximum atomic E-state index is 12.0. The first kappa shape index (κ1) is 5.99. The lowest BCUT2D eigenvalue weighted by molar-refractivity contribution is 0.0969. The molecule has 0 aliphatic heterocycles. The largest absolute Gasteiger partial charge is 0.251 e. The lowest BCUT2D eigenvalue weighted by atomic mass is 10.2. The van der Waals surface area contributed by atoms with Crippen LogP contribution in [0.1, 0.15) is 26.2 Å². The van der Waals surface area contributed by atoms with Gasteiger partial charge in [-0.3, -0.25) is 0 Å². The predicted octanol–water partition coefficient (Wildman–Crippen LogP) is 2.44. The standard InChI is InChI=1S/C6H10F2/c1-2-3-5-4-6(5,7)8/h5H,2-4H2,1H3/t5-/m0/s1. The topological polar surface area (TPSA) is 0 Å². The van der Waals surface area contributed by atoms with Gasteiger partial charge < -0.3 is 0 Å². The van der Waals surface area contributed by atoms with Crippen molar-refractivity contribution in [2.24, 2.45) is 5.92 Å². The highest BCUT2D eigenvalue weighted by Crippen LogP contribution is 2.50. The third kappa shape index (κ3) is 0.984. The van der Waals surface area contributed by atoms with Gasteiger partial charge in [-0.1, -0.05) is 13.3 Å². The van der Waals surface area contributed by atoms with Crippen LogP contribution in [-0.4, -0.2) is 5.92 Å². The van der Waals surface area contributed by atoms with Crippen LogP contribution in [0, 0.1) is 5.92 Å². The Hall–Kier alpha value is -0.140. The Morgan fingerprint density at radius 2 is 2.12 bits per heavy atom. The molecule has 1 saturated carbocycles. The summed E-state index contributed by atoms with van der Waals surface area (Å²) in [6, 6.07) is 0. The molecule has 0 unspecified atom stereocenters. The van der Waals surface area contributed by atoms with Gasteiger partial charge in [-0.05, 0) is 6.42 Å². The highest BCUT2D eigenvalue weighted by Gasteiger charge is 2.55. The van der Waals surface area contributed by atoms with Crippen molar-refractivity contribution in [1.29, 1.82) is 0 Å². The van der Waals surface area contributed by atoms with Crippen LogP contribution in [0.25, 0.3) is 0 Å². The van der Waals surface area contributed by atoms with E-state index >= 15 is 0 Å². The van der Waals surface area contributed by atoms with E-state index in [1.54, 1.807) is 0 Å². The molecule has 0 radical (unpaired) electrons. The maximum Gasteiger partial charge on any atom is 0.251 e. The molecule has 0 aromatic heterocycles. The molecule has 0 nitrogen and oxygen atoms in total. The van der Waals surface area contributed by atoms with E-state index < -0.39 is 5.92 Å². The van der Waals surface area contributed by atoms with E-state index in [1.165, 1.54) is 0 Å². The molecule has 1 atom stereocenters. The molecule has 8 heavy (non-hydrogen) atoms. The fraction of sp³-hybridized carbons (Fsp3) is 1.00. The molecule has 0 spiro atoms. The number of hydrogen-bond acceptors (Lipinski definition) is 0. The highest BCUT2D eigenvalue weighted by molar-refractivity contribution is 4.94. The van der Waals surface area contributed by atoms with Gasteiger partial charge in [-0.2, -0.15) is 0 Å². The van der Waals surface area contributed by atoms with Gasteiger partial charge in [0.15, 0.2) is 0 Å².